The van der Waals surface area contributed by atoms with Crippen molar-refractivity contribution in [1.82, 2.24) is 5.32 Å². The maximum atomic E-state index is 12.0. The second-order valence-electron chi connectivity index (χ2n) is 5.77. The van der Waals surface area contributed by atoms with Crippen LogP contribution >= 0.6 is 0 Å². The quantitative estimate of drug-likeness (QED) is 0.510. The summed E-state index contributed by atoms with van der Waals surface area (Å²) in [6.07, 6.45) is 5.60. The van der Waals surface area contributed by atoms with E-state index in [4.69, 9.17) is 10.5 Å². The second kappa shape index (κ2) is 10.2. The third-order valence-electron chi connectivity index (χ3n) is 3.80. The number of benzene rings is 1. The van der Waals surface area contributed by atoms with Gasteiger partial charge in [-0.15, -0.1) is 0 Å². The first-order valence-electron chi connectivity index (χ1n) is 8.39. The summed E-state index contributed by atoms with van der Waals surface area (Å²) in [6.45, 7) is 6.92. The summed E-state index contributed by atoms with van der Waals surface area (Å²) in [5.41, 5.74) is 6.81. The Labute approximate surface area is 134 Å². The zero-order valence-electron chi connectivity index (χ0n) is 14.1. The molecule has 0 aliphatic rings. The van der Waals surface area contributed by atoms with Crippen LogP contribution in [0.15, 0.2) is 24.3 Å². The molecule has 0 saturated carbocycles. The van der Waals surface area contributed by atoms with Crippen LogP contribution in [0, 0.1) is 0 Å². The highest BCUT2D eigenvalue weighted by molar-refractivity contribution is 5.89. The van der Waals surface area contributed by atoms with Crippen molar-refractivity contribution in [3.8, 4) is 0 Å². The van der Waals surface area contributed by atoms with Gasteiger partial charge in [-0.2, -0.15) is 0 Å². The average molecular weight is 306 g/mol. The van der Waals surface area contributed by atoms with E-state index in [0.717, 1.165) is 19.3 Å². The molecule has 4 heteroatoms. The predicted molar refractivity (Wildman–Crippen MR) is 92.0 cm³/mol. The summed E-state index contributed by atoms with van der Waals surface area (Å²) in [7, 11) is 0. The number of esters is 1. The van der Waals surface area contributed by atoms with Crippen LogP contribution in [0.4, 0.5) is 5.69 Å². The Balaban J connectivity index is 2.48. The van der Waals surface area contributed by atoms with E-state index in [1.807, 2.05) is 0 Å². The fraction of sp³-hybridized carbons (Fsp3) is 0.611. The lowest BCUT2D eigenvalue weighted by molar-refractivity contribution is 0.0455. The predicted octanol–water partition coefficient (Wildman–Crippen LogP) is 3.76. The molecule has 0 fully saturated rings. The van der Waals surface area contributed by atoms with Crippen molar-refractivity contribution in [2.75, 3.05) is 12.3 Å². The molecule has 1 aromatic carbocycles. The Bertz CT molecular complexity index is 425. The average Bonchev–Trinajstić information content (AvgIpc) is 2.52. The van der Waals surface area contributed by atoms with E-state index in [9.17, 15) is 4.79 Å². The molecule has 4 nitrogen and oxygen atoms in total. The van der Waals surface area contributed by atoms with Gasteiger partial charge in [-0.1, -0.05) is 33.6 Å². The maximum Gasteiger partial charge on any atom is 0.338 e. The molecular weight excluding hydrogens is 276 g/mol. The molecule has 0 aliphatic heterocycles. The monoisotopic (exact) mass is 306 g/mol. The molecule has 1 rings (SSSR count). The Morgan fingerprint density at radius 3 is 2.18 bits per heavy atom. The van der Waals surface area contributed by atoms with Crippen LogP contribution in [-0.2, 0) is 4.74 Å². The van der Waals surface area contributed by atoms with Gasteiger partial charge in [0.2, 0.25) is 0 Å². The number of hydrogen-bond donors (Lipinski definition) is 2. The van der Waals surface area contributed by atoms with E-state index in [1.165, 1.54) is 12.8 Å². The van der Waals surface area contributed by atoms with Crippen molar-refractivity contribution >= 4 is 11.7 Å². The zero-order valence-corrected chi connectivity index (χ0v) is 14.1. The van der Waals surface area contributed by atoms with Crippen molar-refractivity contribution in [3.63, 3.8) is 0 Å². The Hall–Kier alpha value is -1.55. The van der Waals surface area contributed by atoms with E-state index < -0.39 is 0 Å². The molecule has 124 valence electrons. The molecule has 0 unspecified atom stereocenters. The normalized spacial score (nSPS) is 12.4. The van der Waals surface area contributed by atoms with Gasteiger partial charge in [0, 0.05) is 17.8 Å². The van der Waals surface area contributed by atoms with Crippen LogP contribution < -0.4 is 11.1 Å². The maximum absolute atomic E-state index is 12.0. The van der Waals surface area contributed by atoms with Crippen molar-refractivity contribution in [3.05, 3.63) is 29.8 Å². The van der Waals surface area contributed by atoms with Gasteiger partial charge >= 0.3 is 5.97 Å². The van der Waals surface area contributed by atoms with Crippen molar-refractivity contribution in [2.45, 2.75) is 65.0 Å². The molecule has 0 aliphatic carbocycles. The minimum atomic E-state index is -0.289. The molecule has 0 heterocycles. The van der Waals surface area contributed by atoms with Gasteiger partial charge in [-0.25, -0.2) is 4.79 Å². The molecule has 0 bridgehead atoms. The van der Waals surface area contributed by atoms with Gasteiger partial charge in [-0.05, 0) is 43.5 Å². The smallest absolute Gasteiger partial charge is 0.338 e. The van der Waals surface area contributed by atoms with Gasteiger partial charge in [0.1, 0.15) is 6.61 Å². The Morgan fingerprint density at radius 1 is 1.09 bits per heavy atom. The number of nitrogens with two attached hydrogens (primary N) is 1. The number of carbonyl (C=O) groups excluding carboxylic acids is 1. The SMILES string of the molecule is CCCC(CCC)N[C@@H](CC)COC(=O)c1ccc(N)cc1. The molecule has 1 atom stereocenters. The lowest BCUT2D eigenvalue weighted by atomic mass is 10.0. The third-order valence-corrected chi connectivity index (χ3v) is 3.80. The summed E-state index contributed by atoms with van der Waals surface area (Å²) < 4.78 is 5.44. The lowest BCUT2D eigenvalue weighted by Gasteiger charge is -2.24. The summed E-state index contributed by atoms with van der Waals surface area (Å²) in [5, 5.41) is 3.62. The molecule has 3 N–H and O–H groups in total. The standard InChI is InChI=1S/C18H30N2O2/c1-4-7-17(8-5-2)20-16(6-3)13-22-18(21)14-9-11-15(19)12-10-14/h9-12,16-17,20H,4-8,13,19H2,1-3H3/t16-/m0/s1. The Kier molecular flexibility index (Phi) is 8.60. The highest BCUT2D eigenvalue weighted by Crippen LogP contribution is 2.10. The number of nitrogens with one attached hydrogen (secondary N) is 1. The van der Waals surface area contributed by atoms with E-state index in [0.29, 0.717) is 23.9 Å². The van der Waals surface area contributed by atoms with E-state index in [2.05, 4.69) is 26.1 Å². The van der Waals surface area contributed by atoms with Gasteiger partial charge in [-0.3, -0.25) is 0 Å². The van der Waals surface area contributed by atoms with Gasteiger partial charge in [0.05, 0.1) is 5.56 Å². The summed E-state index contributed by atoms with van der Waals surface area (Å²) >= 11 is 0. The Morgan fingerprint density at radius 2 is 1.68 bits per heavy atom. The van der Waals surface area contributed by atoms with Crippen LogP contribution in [0.3, 0.4) is 0 Å². The minimum Gasteiger partial charge on any atom is -0.460 e. The van der Waals surface area contributed by atoms with Crippen molar-refractivity contribution in [2.24, 2.45) is 0 Å². The molecule has 0 radical (unpaired) electrons. The second-order valence-corrected chi connectivity index (χ2v) is 5.77. The number of anilines is 1. The molecular formula is C18H30N2O2. The largest absolute Gasteiger partial charge is 0.460 e. The van der Waals surface area contributed by atoms with Gasteiger partial charge in [0.15, 0.2) is 0 Å². The molecule has 0 saturated heterocycles. The third kappa shape index (κ3) is 6.48. The number of hydrogen-bond acceptors (Lipinski definition) is 4. The highest BCUT2D eigenvalue weighted by atomic mass is 16.5. The van der Waals surface area contributed by atoms with Gasteiger partial charge < -0.3 is 15.8 Å². The molecule has 1 aromatic rings. The lowest BCUT2D eigenvalue weighted by Crippen LogP contribution is -2.41. The first-order valence-corrected chi connectivity index (χ1v) is 8.39. The van der Waals surface area contributed by atoms with Crippen LogP contribution in [-0.4, -0.2) is 24.7 Å². The van der Waals surface area contributed by atoms with E-state index in [-0.39, 0.29) is 12.0 Å². The zero-order chi connectivity index (χ0) is 16.4. The summed E-state index contributed by atoms with van der Waals surface area (Å²) in [5.74, 6) is -0.289. The number of nitrogen functional groups attached to an aromatic ring is 1. The topological polar surface area (TPSA) is 64.3 Å². The summed E-state index contributed by atoms with van der Waals surface area (Å²) in [6, 6.07) is 7.54. The minimum absolute atomic E-state index is 0.209. The number of ether oxygens (including phenoxy) is 1. The molecule has 0 amide bonds. The van der Waals surface area contributed by atoms with Crippen LogP contribution in [0.1, 0.15) is 63.2 Å². The molecule has 22 heavy (non-hydrogen) atoms. The van der Waals surface area contributed by atoms with Crippen molar-refractivity contribution in [1.29, 1.82) is 0 Å². The van der Waals surface area contributed by atoms with E-state index in [1.54, 1.807) is 24.3 Å². The van der Waals surface area contributed by atoms with Crippen LogP contribution in [0.2, 0.25) is 0 Å². The fourth-order valence-corrected chi connectivity index (χ4v) is 2.50. The first-order chi connectivity index (χ1) is 10.6. The van der Waals surface area contributed by atoms with Crippen LogP contribution in [0.25, 0.3) is 0 Å². The molecule has 0 spiro atoms. The number of carbonyl (C=O) groups is 1. The first kappa shape index (κ1) is 18.5. The van der Waals surface area contributed by atoms with Crippen LogP contribution in [0.5, 0.6) is 0 Å². The summed E-state index contributed by atoms with van der Waals surface area (Å²) in [4.78, 5) is 12.0. The van der Waals surface area contributed by atoms with E-state index >= 15 is 0 Å². The van der Waals surface area contributed by atoms with Gasteiger partial charge in [0.25, 0.3) is 0 Å². The number of rotatable bonds is 10. The highest BCUT2D eigenvalue weighted by Gasteiger charge is 2.15. The fourth-order valence-electron chi connectivity index (χ4n) is 2.50. The molecule has 0 aromatic heterocycles. The van der Waals surface area contributed by atoms with Crippen molar-refractivity contribution < 1.29 is 9.53 Å².